The predicted molar refractivity (Wildman–Crippen MR) is 26.2 cm³/mol. The first-order valence-corrected chi connectivity index (χ1v) is 2.34. The van der Waals surface area contributed by atoms with Crippen LogP contribution in [-0.4, -0.2) is 28.6 Å². The van der Waals surface area contributed by atoms with Crippen LogP contribution in [0.1, 0.15) is 0 Å². The fourth-order valence-electron chi connectivity index (χ4n) is 0.579. The van der Waals surface area contributed by atoms with Gasteiger partial charge in [0.15, 0.2) is 5.92 Å². The number of aliphatic carboxylic acids is 1. The van der Waals surface area contributed by atoms with Gasteiger partial charge in [0.2, 0.25) is 5.91 Å². The number of carboxylic acid groups (broad SMARTS) is 1. The van der Waals surface area contributed by atoms with Crippen LogP contribution in [0.4, 0.5) is 0 Å². The fraction of sp³-hybridized carbons (Fsp3) is 0.500. The van der Waals surface area contributed by atoms with E-state index < -0.39 is 17.8 Å². The van der Waals surface area contributed by atoms with Crippen LogP contribution in [-0.2, 0) is 9.59 Å². The molecule has 0 aliphatic carbocycles. The van der Waals surface area contributed by atoms with E-state index in [1.165, 1.54) is 0 Å². The largest absolute Gasteiger partial charge is 0.756 e. The molecule has 0 aromatic rings. The van der Waals surface area contributed by atoms with E-state index in [1.54, 1.807) is 0 Å². The third-order valence-corrected chi connectivity index (χ3v) is 1.19. The molecule has 1 aliphatic rings. The van der Waals surface area contributed by atoms with Gasteiger partial charge >= 0.3 is 5.97 Å². The van der Waals surface area contributed by atoms with E-state index >= 15 is 0 Å². The first kappa shape index (κ1) is 6.03. The van der Waals surface area contributed by atoms with Crippen molar-refractivity contribution in [3.8, 4) is 0 Å². The number of carboxylic acids is 1. The maximum atomic E-state index is 10.2. The molecular weight excluding hydrogens is 126 g/mol. The van der Waals surface area contributed by atoms with Crippen molar-refractivity contribution >= 4 is 11.9 Å². The first-order chi connectivity index (χ1) is 4.13. The van der Waals surface area contributed by atoms with Gasteiger partial charge in [-0.1, -0.05) is 0 Å². The summed E-state index contributed by atoms with van der Waals surface area (Å²) < 4.78 is 0. The molecule has 1 amide bonds. The quantitative estimate of drug-likeness (QED) is 0.365. The second-order valence-corrected chi connectivity index (χ2v) is 1.79. The van der Waals surface area contributed by atoms with E-state index in [4.69, 9.17) is 5.11 Å². The zero-order valence-corrected chi connectivity index (χ0v) is 4.40. The molecule has 0 radical (unpaired) electrons. The number of hydroxylamine groups is 2. The number of nitrogens with zero attached hydrogens (tertiary/aromatic N) is 1. The molecule has 1 heterocycles. The monoisotopic (exact) mass is 130 g/mol. The molecule has 1 rings (SSSR count). The van der Waals surface area contributed by atoms with Crippen molar-refractivity contribution in [3.63, 3.8) is 0 Å². The van der Waals surface area contributed by atoms with Gasteiger partial charge in [-0.2, -0.15) is 0 Å². The van der Waals surface area contributed by atoms with Crippen molar-refractivity contribution in [2.75, 3.05) is 6.54 Å². The summed E-state index contributed by atoms with van der Waals surface area (Å²) in [4.78, 5) is 20.2. The Labute approximate surface area is 50.5 Å². The second-order valence-electron chi connectivity index (χ2n) is 1.79. The molecule has 1 fully saturated rings. The molecule has 1 atom stereocenters. The highest BCUT2D eigenvalue weighted by Gasteiger charge is 2.36. The van der Waals surface area contributed by atoms with Gasteiger partial charge in [-0.15, -0.1) is 0 Å². The van der Waals surface area contributed by atoms with Crippen LogP contribution in [0.3, 0.4) is 0 Å². The number of carbonyl (C=O) groups is 2. The molecule has 0 aromatic carbocycles. The van der Waals surface area contributed by atoms with E-state index in [-0.39, 0.29) is 11.6 Å². The van der Waals surface area contributed by atoms with Gasteiger partial charge in [0, 0.05) is 6.54 Å². The number of β-lactam (4-membered cyclic amide) rings is 1. The minimum absolute atomic E-state index is 0.138. The Kier molecular flexibility index (Phi) is 1.14. The zero-order valence-electron chi connectivity index (χ0n) is 4.40. The Morgan fingerprint density at radius 2 is 2.44 bits per heavy atom. The number of hydrogen-bond acceptors (Lipinski definition) is 3. The molecule has 1 aliphatic heterocycles. The Bertz CT molecular complexity index is 166. The topological polar surface area (TPSA) is 80.7 Å². The van der Waals surface area contributed by atoms with Crippen molar-refractivity contribution in [3.05, 3.63) is 5.21 Å². The van der Waals surface area contributed by atoms with E-state index in [0.29, 0.717) is 0 Å². The van der Waals surface area contributed by atoms with E-state index in [9.17, 15) is 14.8 Å². The highest BCUT2D eigenvalue weighted by Crippen LogP contribution is 2.15. The van der Waals surface area contributed by atoms with E-state index in [0.717, 1.165) is 0 Å². The number of amides is 1. The van der Waals surface area contributed by atoms with Crippen molar-refractivity contribution in [1.82, 2.24) is 5.06 Å². The van der Waals surface area contributed by atoms with E-state index in [2.05, 4.69) is 0 Å². The third-order valence-electron chi connectivity index (χ3n) is 1.19. The number of carbonyl (C=O) groups excluding carboxylic acids is 1. The van der Waals surface area contributed by atoms with Crippen LogP contribution in [0.2, 0.25) is 0 Å². The van der Waals surface area contributed by atoms with Crippen LogP contribution in [0.15, 0.2) is 0 Å². The number of rotatable bonds is 1. The van der Waals surface area contributed by atoms with Gasteiger partial charge in [0.1, 0.15) is 0 Å². The standard InChI is InChI=1S/C4H4NO4/c6-3-2(4(7)8)1-5(3)9/h2H,1H2,(H,7,8)/q-1. The normalized spacial score (nSPS) is 25.7. The summed E-state index contributed by atoms with van der Waals surface area (Å²) >= 11 is 0. The van der Waals surface area contributed by atoms with Gasteiger partial charge < -0.3 is 15.4 Å². The molecule has 1 unspecified atom stereocenters. The SMILES string of the molecule is O=C(O)C1CN([O-])C1=O. The lowest BCUT2D eigenvalue weighted by Crippen LogP contribution is -2.52. The Balaban J connectivity index is 2.52. The summed E-state index contributed by atoms with van der Waals surface area (Å²) in [6, 6.07) is 0. The maximum Gasteiger partial charge on any atom is 0.317 e. The molecule has 1 saturated heterocycles. The van der Waals surface area contributed by atoms with Crippen molar-refractivity contribution in [1.29, 1.82) is 0 Å². The third kappa shape index (κ3) is 0.746. The van der Waals surface area contributed by atoms with Crippen molar-refractivity contribution in [2.45, 2.75) is 0 Å². The molecule has 0 spiro atoms. The molecule has 0 bridgehead atoms. The van der Waals surface area contributed by atoms with Crippen LogP contribution < -0.4 is 0 Å². The molecule has 0 saturated carbocycles. The van der Waals surface area contributed by atoms with Gasteiger partial charge in [-0.3, -0.25) is 9.59 Å². The minimum atomic E-state index is -1.22. The smallest absolute Gasteiger partial charge is 0.317 e. The Morgan fingerprint density at radius 1 is 1.89 bits per heavy atom. The van der Waals surface area contributed by atoms with Crippen LogP contribution >= 0.6 is 0 Å². The minimum Gasteiger partial charge on any atom is -0.756 e. The molecular formula is C4H4NO4-. The lowest BCUT2D eigenvalue weighted by atomic mass is 10.0. The summed E-state index contributed by atoms with van der Waals surface area (Å²) in [5, 5.41) is 18.3. The average molecular weight is 130 g/mol. The number of hydrogen-bond donors (Lipinski definition) is 1. The molecule has 0 aromatic heterocycles. The second kappa shape index (κ2) is 1.70. The van der Waals surface area contributed by atoms with Crippen LogP contribution in [0.5, 0.6) is 0 Å². The molecule has 1 N–H and O–H groups in total. The zero-order chi connectivity index (χ0) is 7.02. The summed E-state index contributed by atoms with van der Waals surface area (Å²) in [5.74, 6) is -3.14. The summed E-state index contributed by atoms with van der Waals surface area (Å²) in [6.07, 6.45) is 0. The van der Waals surface area contributed by atoms with Crippen LogP contribution in [0.25, 0.3) is 0 Å². The van der Waals surface area contributed by atoms with Gasteiger partial charge in [0.25, 0.3) is 0 Å². The molecule has 9 heavy (non-hydrogen) atoms. The molecule has 5 heteroatoms. The molecule has 50 valence electrons. The van der Waals surface area contributed by atoms with Crippen molar-refractivity contribution in [2.24, 2.45) is 5.92 Å². The van der Waals surface area contributed by atoms with Crippen LogP contribution in [0, 0.1) is 11.1 Å². The highest BCUT2D eigenvalue weighted by molar-refractivity contribution is 6.01. The lowest BCUT2D eigenvalue weighted by Gasteiger charge is -2.41. The highest BCUT2D eigenvalue weighted by atomic mass is 16.5. The maximum absolute atomic E-state index is 10.2. The fourth-order valence-corrected chi connectivity index (χ4v) is 0.579. The van der Waals surface area contributed by atoms with Gasteiger partial charge in [0.05, 0.1) is 0 Å². The van der Waals surface area contributed by atoms with E-state index in [1.807, 2.05) is 0 Å². The predicted octanol–water partition coefficient (Wildman–Crippen LogP) is -0.973. The summed E-state index contributed by atoms with van der Waals surface area (Å²) in [7, 11) is 0. The summed E-state index contributed by atoms with van der Waals surface area (Å²) in [5.41, 5.74) is 0. The van der Waals surface area contributed by atoms with Crippen molar-refractivity contribution < 1.29 is 14.7 Å². The lowest BCUT2D eigenvalue weighted by molar-refractivity contribution is -0.159. The Hall–Kier alpha value is -1.10. The Morgan fingerprint density at radius 3 is 2.56 bits per heavy atom. The van der Waals surface area contributed by atoms with Gasteiger partial charge in [-0.25, -0.2) is 0 Å². The average Bonchev–Trinajstić information content (AvgIpc) is 1.81. The first-order valence-electron chi connectivity index (χ1n) is 2.34. The molecule has 5 nitrogen and oxygen atoms in total. The van der Waals surface area contributed by atoms with Gasteiger partial charge in [-0.05, 0) is 0 Å². The summed E-state index contributed by atoms with van der Waals surface area (Å²) in [6.45, 7) is -0.200.